The lowest BCUT2D eigenvalue weighted by Crippen LogP contribution is -2.24. The van der Waals surface area contributed by atoms with Crippen LogP contribution in [0.25, 0.3) is 0 Å². The molecule has 0 heterocycles. The fourth-order valence-electron chi connectivity index (χ4n) is 1.87. The van der Waals surface area contributed by atoms with Crippen molar-refractivity contribution in [3.63, 3.8) is 0 Å². The van der Waals surface area contributed by atoms with E-state index in [0.29, 0.717) is 12.2 Å². The molecule has 0 fully saturated rings. The molecule has 0 saturated heterocycles. The van der Waals surface area contributed by atoms with Gasteiger partial charge in [0, 0.05) is 17.5 Å². The van der Waals surface area contributed by atoms with E-state index in [-0.39, 0.29) is 5.91 Å². The normalized spacial score (nSPS) is 9.68. The Morgan fingerprint density at radius 3 is 2.59 bits per heavy atom. The van der Waals surface area contributed by atoms with Crippen molar-refractivity contribution in [1.82, 2.24) is 5.48 Å². The number of rotatable bonds is 5. The monoisotopic (exact) mass is 293 g/mol. The van der Waals surface area contributed by atoms with E-state index in [1.807, 2.05) is 49.4 Å². The molecule has 0 aliphatic heterocycles. The quantitative estimate of drug-likeness (QED) is 0.520. The summed E-state index contributed by atoms with van der Waals surface area (Å²) in [5, 5.41) is 0. The fourth-order valence-corrected chi connectivity index (χ4v) is 1.87. The predicted molar refractivity (Wildman–Crippen MR) is 87.2 cm³/mol. The highest BCUT2D eigenvalue weighted by molar-refractivity contribution is 5.93. The van der Waals surface area contributed by atoms with Gasteiger partial charge in [-0.05, 0) is 37.1 Å². The molecule has 22 heavy (non-hydrogen) atoms. The summed E-state index contributed by atoms with van der Waals surface area (Å²) < 4.78 is 0. The second-order valence-corrected chi connectivity index (χ2v) is 4.87. The zero-order valence-corrected chi connectivity index (χ0v) is 12.6. The molecule has 1 amide bonds. The van der Waals surface area contributed by atoms with Gasteiger partial charge in [0.1, 0.15) is 0 Å². The molecular formula is C19H19NO2. The Bertz CT molecular complexity index is 669. The molecule has 0 bridgehead atoms. The van der Waals surface area contributed by atoms with E-state index in [4.69, 9.17) is 4.84 Å². The maximum atomic E-state index is 11.7. The molecule has 0 radical (unpaired) electrons. The number of hydrogen-bond acceptors (Lipinski definition) is 2. The van der Waals surface area contributed by atoms with Crippen LogP contribution in [0.2, 0.25) is 0 Å². The highest BCUT2D eigenvalue weighted by Crippen LogP contribution is 2.04. The van der Waals surface area contributed by atoms with E-state index in [2.05, 4.69) is 17.3 Å². The molecule has 2 aromatic carbocycles. The summed E-state index contributed by atoms with van der Waals surface area (Å²) in [5.74, 6) is 6.04. The molecule has 112 valence electrons. The zero-order chi connectivity index (χ0) is 15.6. The minimum Gasteiger partial charge on any atom is -0.273 e. The number of hydroxylamine groups is 1. The lowest BCUT2D eigenvalue weighted by Gasteiger charge is -2.04. The number of amides is 1. The lowest BCUT2D eigenvalue weighted by molar-refractivity contribution is 0.0307. The third-order valence-corrected chi connectivity index (χ3v) is 3.12. The van der Waals surface area contributed by atoms with Crippen molar-refractivity contribution in [2.45, 2.75) is 19.8 Å². The maximum absolute atomic E-state index is 11.7. The Balaban J connectivity index is 1.64. The molecule has 2 rings (SSSR count). The van der Waals surface area contributed by atoms with Crippen LogP contribution in [-0.2, 0) is 4.84 Å². The minimum atomic E-state index is -0.230. The van der Waals surface area contributed by atoms with Crippen LogP contribution in [0.1, 0.15) is 34.3 Å². The fraction of sp³-hybridized carbons (Fsp3) is 0.211. The zero-order valence-electron chi connectivity index (χ0n) is 12.6. The maximum Gasteiger partial charge on any atom is 0.274 e. The van der Waals surface area contributed by atoms with Gasteiger partial charge in [-0.25, -0.2) is 5.48 Å². The Hall–Kier alpha value is -2.57. The van der Waals surface area contributed by atoms with Crippen molar-refractivity contribution in [3.05, 3.63) is 71.3 Å². The standard InChI is InChI=1S/C19H19NO2/c1-16-10-7-8-12-17(16)11-6-3-9-15-22-20-19(21)18-13-4-2-5-14-18/h2,4-5,7-8,10,12-14H,3,9,15H2,1H3,(H,20,21). The second kappa shape index (κ2) is 8.66. The van der Waals surface area contributed by atoms with E-state index in [1.54, 1.807) is 12.1 Å². The van der Waals surface area contributed by atoms with Crippen molar-refractivity contribution >= 4 is 5.91 Å². The van der Waals surface area contributed by atoms with Crippen molar-refractivity contribution in [1.29, 1.82) is 0 Å². The van der Waals surface area contributed by atoms with Gasteiger partial charge in [0.2, 0.25) is 0 Å². The van der Waals surface area contributed by atoms with E-state index < -0.39 is 0 Å². The summed E-state index contributed by atoms with van der Waals surface area (Å²) in [6, 6.07) is 17.0. The van der Waals surface area contributed by atoms with Crippen LogP contribution in [0.3, 0.4) is 0 Å². The Kier molecular flexibility index (Phi) is 6.22. The van der Waals surface area contributed by atoms with Gasteiger partial charge >= 0.3 is 0 Å². The molecular weight excluding hydrogens is 274 g/mol. The molecule has 0 saturated carbocycles. The summed E-state index contributed by atoms with van der Waals surface area (Å²) in [7, 11) is 0. The molecule has 0 aromatic heterocycles. The first-order valence-corrected chi connectivity index (χ1v) is 7.29. The number of unbranched alkanes of at least 4 members (excludes halogenated alkanes) is 1. The van der Waals surface area contributed by atoms with Gasteiger partial charge < -0.3 is 0 Å². The molecule has 0 aliphatic carbocycles. The Morgan fingerprint density at radius 1 is 1.09 bits per heavy atom. The van der Waals surface area contributed by atoms with Crippen molar-refractivity contribution in [2.24, 2.45) is 0 Å². The van der Waals surface area contributed by atoms with Crippen LogP contribution in [0.4, 0.5) is 0 Å². The van der Waals surface area contributed by atoms with Crippen molar-refractivity contribution in [2.75, 3.05) is 6.61 Å². The topological polar surface area (TPSA) is 38.3 Å². The lowest BCUT2D eigenvalue weighted by atomic mass is 10.1. The number of carbonyl (C=O) groups is 1. The third-order valence-electron chi connectivity index (χ3n) is 3.12. The molecule has 3 nitrogen and oxygen atoms in total. The van der Waals surface area contributed by atoms with Crippen LogP contribution in [0.5, 0.6) is 0 Å². The van der Waals surface area contributed by atoms with E-state index in [9.17, 15) is 4.79 Å². The first-order valence-electron chi connectivity index (χ1n) is 7.29. The number of nitrogens with one attached hydrogen (secondary N) is 1. The highest BCUT2D eigenvalue weighted by atomic mass is 16.6. The molecule has 2 aromatic rings. The van der Waals surface area contributed by atoms with Crippen molar-refractivity contribution < 1.29 is 9.63 Å². The van der Waals surface area contributed by atoms with Crippen molar-refractivity contribution in [3.8, 4) is 11.8 Å². The van der Waals surface area contributed by atoms with E-state index in [1.165, 1.54) is 5.56 Å². The molecule has 1 N–H and O–H groups in total. The molecule has 0 spiro atoms. The number of benzene rings is 2. The smallest absolute Gasteiger partial charge is 0.273 e. The predicted octanol–water partition coefficient (Wildman–Crippen LogP) is 3.49. The first-order chi connectivity index (χ1) is 10.8. The van der Waals surface area contributed by atoms with E-state index in [0.717, 1.165) is 18.4 Å². The van der Waals surface area contributed by atoms with Gasteiger partial charge in [-0.3, -0.25) is 9.63 Å². The molecule has 0 aliphatic rings. The van der Waals surface area contributed by atoms with Gasteiger partial charge in [-0.2, -0.15) is 0 Å². The Morgan fingerprint density at radius 2 is 1.82 bits per heavy atom. The highest BCUT2D eigenvalue weighted by Gasteiger charge is 2.02. The van der Waals surface area contributed by atoms with Gasteiger partial charge in [-0.15, -0.1) is 0 Å². The minimum absolute atomic E-state index is 0.230. The van der Waals surface area contributed by atoms with E-state index >= 15 is 0 Å². The number of carbonyl (C=O) groups excluding carboxylic acids is 1. The van der Waals surface area contributed by atoms with Crippen LogP contribution >= 0.6 is 0 Å². The summed E-state index contributed by atoms with van der Waals surface area (Å²) in [4.78, 5) is 16.9. The number of hydrogen-bond donors (Lipinski definition) is 1. The van der Waals surface area contributed by atoms with Gasteiger partial charge in [0.15, 0.2) is 0 Å². The van der Waals surface area contributed by atoms with Gasteiger partial charge in [-0.1, -0.05) is 48.2 Å². The second-order valence-electron chi connectivity index (χ2n) is 4.87. The summed E-state index contributed by atoms with van der Waals surface area (Å²) in [6.07, 6.45) is 1.50. The van der Waals surface area contributed by atoms with Crippen LogP contribution in [-0.4, -0.2) is 12.5 Å². The average Bonchev–Trinajstić information content (AvgIpc) is 2.56. The SMILES string of the molecule is Cc1ccccc1C#CCCCONC(=O)c1ccccc1. The summed E-state index contributed by atoms with van der Waals surface area (Å²) in [5.41, 5.74) is 5.25. The molecule has 3 heteroatoms. The average molecular weight is 293 g/mol. The summed E-state index contributed by atoms with van der Waals surface area (Å²) in [6.45, 7) is 2.49. The summed E-state index contributed by atoms with van der Waals surface area (Å²) >= 11 is 0. The number of aryl methyl sites for hydroxylation is 1. The van der Waals surface area contributed by atoms with Crippen LogP contribution < -0.4 is 5.48 Å². The first kappa shape index (κ1) is 15.8. The molecule has 0 unspecified atom stereocenters. The van der Waals surface area contributed by atoms with Gasteiger partial charge in [0.25, 0.3) is 5.91 Å². The largest absolute Gasteiger partial charge is 0.274 e. The van der Waals surface area contributed by atoms with Crippen LogP contribution in [0, 0.1) is 18.8 Å². The third kappa shape index (κ3) is 5.08. The Labute approximate surface area is 131 Å². The van der Waals surface area contributed by atoms with Crippen LogP contribution in [0.15, 0.2) is 54.6 Å². The molecule has 0 atom stereocenters. The van der Waals surface area contributed by atoms with Gasteiger partial charge in [0.05, 0.1) is 6.61 Å².